The van der Waals surface area contributed by atoms with Crippen LogP contribution in [0.5, 0.6) is 0 Å². The molecule has 2 N–H and O–H groups in total. The van der Waals surface area contributed by atoms with Gasteiger partial charge in [0.1, 0.15) is 0 Å². The van der Waals surface area contributed by atoms with Gasteiger partial charge < -0.3 is 10.2 Å². The standard InChI is InChI=1S/C15H26O2/c1-11-5-4-7-14(2)8-6-12(9-13(11)14)15(3,17)10-16/h12-13,16-17H,1,4-10H2,2-3H3/t12-,13-,14+,15-/m0/s1. The van der Waals surface area contributed by atoms with E-state index < -0.39 is 5.60 Å². The van der Waals surface area contributed by atoms with Gasteiger partial charge >= 0.3 is 0 Å². The lowest BCUT2D eigenvalue weighted by molar-refractivity contribution is -0.0821. The molecule has 2 rings (SSSR count). The van der Waals surface area contributed by atoms with Crippen LogP contribution in [-0.2, 0) is 0 Å². The van der Waals surface area contributed by atoms with Gasteiger partial charge in [-0.2, -0.15) is 0 Å². The quantitative estimate of drug-likeness (QED) is 0.726. The molecule has 2 nitrogen and oxygen atoms in total. The Morgan fingerprint density at radius 3 is 2.82 bits per heavy atom. The van der Waals surface area contributed by atoms with Crippen molar-refractivity contribution in [2.75, 3.05) is 6.61 Å². The lowest BCUT2D eigenvalue weighted by Crippen LogP contribution is -2.46. The zero-order chi connectivity index (χ0) is 12.7. The fourth-order valence-corrected chi connectivity index (χ4v) is 3.91. The summed E-state index contributed by atoms with van der Waals surface area (Å²) in [5.74, 6) is 0.772. The lowest BCUT2D eigenvalue weighted by atomic mass is 9.55. The van der Waals surface area contributed by atoms with Crippen molar-refractivity contribution in [2.24, 2.45) is 17.3 Å². The molecule has 4 atom stereocenters. The van der Waals surface area contributed by atoms with Gasteiger partial charge in [0.05, 0.1) is 12.2 Å². The van der Waals surface area contributed by atoms with Crippen molar-refractivity contribution in [1.29, 1.82) is 0 Å². The molecule has 0 aromatic carbocycles. The molecular formula is C15H26O2. The summed E-state index contributed by atoms with van der Waals surface area (Å²) in [6, 6.07) is 0. The minimum absolute atomic E-state index is 0.131. The Labute approximate surface area is 105 Å². The van der Waals surface area contributed by atoms with E-state index in [2.05, 4.69) is 13.5 Å². The van der Waals surface area contributed by atoms with E-state index in [1.807, 2.05) is 0 Å². The maximum Gasteiger partial charge on any atom is 0.0877 e. The maximum atomic E-state index is 10.2. The second-order valence-corrected chi connectivity index (χ2v) is 6.71. The average Bonchev–Trinajstić information content (AvgIpc) is 2.28. The highest BCUT2D eigenvalue weighted by Crippen LogP contribution is 2.54. The number of aliphatic hydroxyl groups is 2. The van der Waals surface area contributed by atoms with E-state index in [4.69, 9.17) is 0 Å². The van der Waals surface area contributed by atoms with Crippen molar-refractivity contribution in [3.05, 3.63) is 12.2 Å². The first kappa shape index (κ1) is 13.1. The van der Waals surface area contributed by atoms with Gasteiger partial charge in [0.25, 0.3) is 0 Å². The second-order valence-electron chi connectivity index (χ2n) is 6.71. The molecule has 0 unspecified atom stereocenters. The van der Waals surface area contributed by atoms with E-state index in [0.717, 1.165) is 25.7 Å². The van der Waals surface area contributed by atoms with E-state index in [1.165, 1.54) is 18.4 Å². The van der Waals surface area contributed by atoms with Gasteiger partial charge in [-0.15, -0.1) is 0 Å². The molecule has 2 aliphatic carbocycles. The normalized spacial score (nSPS) is 41.8. The van der Waals surface area contributed by atoms with Crippen LogP contribution in [0.3, 0.4) is 0 Å². The van der Waals surface area contributed by atoms with E-state index in [1.54, 1.807) is 6.92 Å². The predicted molar refractivity (Wildman–Crippen MR) is 69.6 cm³/mol. The largest absolute Gasteiger partial charge is 0.393 e. The van der Waals surface area contributed by atoms with Crippen LogP contribution in [0, 0.1) is 17.3 Å². The van der Waals surface area contributed by atoms with Gasteiger partial charge in [-0.25, -0.2) is 0 Å². The van der Waals surface area contributed by atoms with E-state index in [9.17, 15) is 10.2 Å². The van der Waals surface area contributed by atoms with E-state index in [0.29, 0.717) is 11.3 Å². The first-order chi connectivity index (χ1) is 7.89. The smallest absolute Gasteiger partial charge is 0.0877 e. The summed E-state index contributed by atoms with van der Waals surface area (Å²) in [5.41, 5.74) is 0.855. The Balaban J connectivity index is 2.14. The van der Waals surface area contributed by atoms with Crippen LogP contribution in [0.15, 0.2) is 12.2 Å². The fraction of sp³-hybridized carbons (Fsp3) is 0.867. The van der Waals surface area contributed by atoms with Gasteiger partial charge in [0.15, 0.2) is 0 Å². The van der Waals surface area contributed by atoms with Crippen LogP contribution in [0.1, 0.15) is 52.4 Å². The summed E-state index contributed by atoms with van der Waals surface area (Å²) in [5, 5.41) is 19.5. The molecule has 2 fully saturated rings. The maximum absolute atomic E-state index is 10.2. The van der Waals surface area contributed by atoms with Crippen LogP contribution in [0.2, 0.25) is 0 Å². The second kappa shape index (κ2) is 4.40. The Morgan fingerprint density at radius 1 is 1.47 bits per heavy atom. The van der Waals surface area contributed by atoms with Crippen molar-refractivity contribution in [2.45, 2.75) is 58.0 Å². The monoisotopic (exact) mass is 238 g/mol. The number of hydrogen-bond donors (Lipinski definition) is 2. The Hall–Kier alpha value is -0.340. The number of allylic oxidation sites excluding steroid dienone is 1. The van der Waals surface area contributed by atoms with Gasteiger partial charge in [-0.05, 0) is 62.7 Å². The zero-order valence-corrected chi connectivity index (χ0v) is 11.2. The van der Waals surface area contributed by atoms with E-state index >= 15 is 0 Å². The number of aliphatic hydroxyl groups excluding tert-OH is 1. The van der Waals surface area contributed by atoms with Crippen molar-refractivity contribution in [3.63, 3.8) is 0 Å². The fourth-order valence-electron chi connectivity index (χ4n) is 3.91. The summed E-state index contributed by atoms with van der Waals surface area (Å²) in [6.07, 6.45) is 6.92. The summed E-state index contributed by atoms with van der Waals surface area (Å²) < 4.78 is 0. The summed E-state index contributed by atoms with van der Waals surface area (Å²) in [7, 11) is 0. The third-order valence-electron chi connectivity index (χ3n) is 5.36. The highest BCUT2D eigenvalue weighted by molar-refractivity contribution is 5.13. The number of hydrogen-bond acceptors (Lipinski definition) is 2. The minimum Gasteiger partial charge on any atom is -0.393 e. The number of fused-ring (bicyclic) bond motifs is 1. The predicted octanol–water partition coefficient (Wildman–Crippen LogP) is 2.89. The molecule has 0 heterocycles. The van der Waals surface area contributed by atoms with Gasteiger partial charge in [-0.1, -0.05) is 19.1 Å². The van der Waals surface area contributed by atoms with Gasteiger partial charge in [-0.3, -0.25) is 0 Å². The highest BCUT2D eigenvalue weighted by Gasteiger charge is 2.46. The lowest BCUT2D eigenvalue weighted by Gasteiger charge is -2.51. The highest BCUT2D eigenvalue weighted by atomic mass is 16.3. The Kier molecular flexibility index (Phi) is 3.39. The summed E-state index contributed by atoms with van der Waals surface area (Å²) in [6.45, 7) is 8.26. The molecule has 2 saturated carbocycles. The van der Waals surface area contributed by atoms with Crippen LogP contribution in [0.25, 0.3) is 0 Å². The molecule has 0 spiro atoms. The molecule has 0 aromatic rings. The van der Waals surface area contributed by atoms with Crippen LogP contribution in [-0.4, -0.2) is 22.4 Å². The summed E-state index contributed by atoms with van der Waals surface area (Å²) in [4.78, 5) is 0. The molecule has 0 saturated heterocycles. The first-order valence-electron chi connectivity index (χ1n) is 6.90. The molecule has 2 aliphatic rings. The van der Waals surface area contributed by atoms with Crippen molar-refractivity contribution in [1.82, 2.24) is 0 Å². The Bertz CT molecular complexity index is 308. The molecule has 0 amide bonds. The molecule has 17 heavy (non-hydrogen) atoms. The molecule has 0 aromatic heterocycles. The third-order valence-corrected chi connectivity index (χ3v) is 5.36. The Morgan fingerprint density at radius 2 is 2.18 bits per heavy atom. The average molecular weight is 238 g/mol. The molecule has 98 valence electrons. The van der Waals surface area contributed by atoms with Crippen LogP contribution in [0.4, 0.5) is 0 Å². The van der Waals surface area contributed by atoms with E-state index in [-0.39, 0.29) is 12.5 Å². The van der Waals surface area contributed by atoms with Crippen molar-refractivity contribution >= 4 is 0 Å². The van der Waals surface area contributed by atoms with Crippen LogP contribution < -0.4 is 0 Å². The van der Waals surface area contributed by atoms with Crippen molar-refractivity contribution < 1.29 is 10.2 Å². The minimum atomic E-state index is -0.918. The van der Waals surface area contributed by atoms with Gasteiger partial charge in [0.2, 0.25) is 0 Å². The topological polar surface area (TPSA) is 40.5 Å². The first-order valence-corrected chi connectivity index (χ1v) is 6.90. The molecular weight excluding hydrogens is 212 g/mol. The third kappa shape index (κ3) is 2.30. The molecule has 2 heteroatoms. The zero-order valence-electron chi connectivity index (χ0n) is 11.2. The molecule has 0 bridgehead atoms. The summed E-state index contributed by atoms with van der Waals surface area (Å²) >= 11 is 0. The molecule has 0 aliphatic heterocycles. The molecule has 0 radical (unpaired) electrons. The van der Waals surface area contributed by atoms with Gasteiger partial charge in [0, 0.05) is 0 Å². The number of rotatable bonds is 2. The van der Waals surface area contributed by atoms with Crippen molar-refractivity contribution in [3.8, 4) is 0 Å². The van der Waals surface area contributed by atoms with Crippen LogP contribution >= 0.6 is 0 Å². The SMILES string of the molecule is C=C1CCC[C@]2(C)CC[C@H]([C@@](C)(O)CO)C[C@@H]12.